The molecule has 1 aromatic carbocycles. The molecule has 0 N–H and O–H groups in total. The molecule has 0 atom stereocenters. The Morgan fingerprint density at radius 2 is 1.88 bits per heavy atom. The number of hydrogen-bond donors (Lipinski definition) is 0. The molecule has 0 unspecified atom stereocenters. The van der Waals surface area contributed by atoms with Gasteiger partial charge in [-0.1, -0.05) is 35.5 Å². The van der Waals surface area contributed by atoms with Crippen molar-refractivity contribution < 1.29 is 22.8 Å². The summed E-state index contributed by atoms with van der Waals surface area (Å²) in [5.74, 6) is -0.207. The Kier molecular flexibility index (Phi) is 5.01. The number of oxime groups is 1. The van der Waals surface area contributed by atoms with E-state index in [1.165, 1.54) is 0 Å². The minimum absolute atomic E-state index is 0.0564. The Morgan fingerprint density at radius 3 is 2.52 bits per heavy atom. The zero-order valence-corrected chi connectivity index (χ0v) is 13.9. The van der Waals surface area contributed by atoms with Gasteiger partial charge in [0.25, 0.3) is 0 Å². The highest BCUT2D eigenvalue weighted by molar-refractivity contribution is 6.01. The predicted molar refractivity (Wildman–Crippen MR) is 87.1 cm³/mol. The first-order valence-electron chi connectivity index (χ1n) is 8.52. The van der Waals surface area contributed by atoms with Gasteiger partial charge >= 0.3 is 6.18 Å². The van der Waals surface area contributed by atoms with Gasteiger partial charge in [-0.05, 0) is 12.0 Å². The fraction of sp³-hybridized carbons (Fsp3) is 0.556. The van der Waals surface area contributed by atoms with E-state index in [1.807, 2.05) is 30.3 Å². The van der Waals surface area contributed by atoms with E-state index < -0.39 is 12.6 Å². The van der Waals surface area contributed by atoms with Gasteiger partial charge in [-0.25, -0.2) is 0 Å². The van der Waals surface area contributed by atoms with E-state index in [2.05, 4.69) is 5.16 Å². The Hall–Kier alpha value is -2.05. The van der Waals surface area contributed by atoms with Gasteiger partial charge in [-0.2, -0.15) is 13.2 Å². The number of likely N-dealkylation sites (tertiary alicyclic amines) is 1. The largest absolute Gasteiger partial charge is 0.389 e. The number of carbonyl (C=O) groups excluding carboxylic acids is 1. The molecule has 4 nitrogen and oxygen atoms in total. The molecule has 1 aromatic rings. The van der Waals surface area contributed by atoms with Crippen LogP contribution in [0.25, 0.3) is 0 Å². The minimum Gasteiger partial charge on any atom is -0.388 e. The Bertz CT molecular complexity index is 635. The lowest BCUT2D eigenvalue weighted by atomic mass is 9.85. The van der Waals surface area contributed by atoms with Crippen LogP contribution in [-0.4, -0.2) is 41.4 Å². The zero-order chi connectivity index (χ0) is 17.9. The molecular weight excluding hydrogens is 333 g/mol. The van der Waals surface area contributed by atoms with Crippen molar-refractivity contribution in [2.75, 3.05) is 13.1 Å². The van der Waals surface area contributed by atoms with Gasteiger partial charge in [-0.15, -0.1) is 0 Å². The van der Waals surface area contributed by atoms with E-state index in [0.717, 1.165) is 11.3 Å². The summed E-state index contributed by atoms with van der Waals surface area (Å²) in [6.45, 7) is 1.00. The van der Waals surface area contributed by atoms with Crippen LogP contribution < -0.4 is 0 Å². The molecule has 1 amide bonds. The maximum absolute atomic E-state index is 12.2. The van der Waals surface area contributed by atoms with Crippen LogP contribution in [0.5, 0.6) is 0 Å². The first-order chi connectivity index (χ1) is 11.9. The first-order valence-corrected chi connectivity index (χ1v) is 8.52. The number of hydrogen-bond acceptors (Lipinski definition) is 3. The molecule has 136 valence electrons. The van der Waals surface area contributed by atoms with Gasteiger partial charge in [0.1, 0.15) is 5.60 Å². The molecule has 25 heavy (non-hydrogen) atoms. The molecule has 1 spiro atoms. The van der Waals surface area contributed by atoms with Gasteiger partial charge in [0.05, 0.1) is 5.71 Å². The average molecular weight is 354 g/mol. The molecule has 3 rings (SSSR count). The van der Waals surface area contributed by atoms with Crippen LogP contribution in [0.4, 0.5) is 13.2 Å². The summed E-state index contributed by atoms with van der Waals surface area (Å²) in [7, 11) is 0. The molecule has 0 radical (unpaired) electrons. The third kappa shape index (κ3) is 4.52. The highest BCUT2D eigenvalue weighted by atomic mass is 19.4. The van der Waals surface area contributed by atoms with Crippen LogP contribution in [0.2, 0.25) is 0 Å². The highest BCUT2D eigenvalue weighted by Gasteiger charge is 2.43. The van der Waals surface area contributed by atoms with Gasteiger partial charge in [-0.3, -0.25) is 4.79 Å². The third-order valence-electron chi connectivity index (χ3n) is 4.82. The van der Waals surface area contributed by atoms with Crippen LogP contribution in [-0.2, 0) is 9.63 Å². The second kappa shape index (κ2) is 7.06. The number of alkyl halides is 3. The van der Waals surface area contributed by atoms with E-state index >= 15 is 0 Å². The number of nitrogens with zero attached hydrogens (tertiary/aromatic N) is 2. The molecule has 1 fully saturated rings. The lowest BCUT2D eigenvalue weighted by Gasteiger charge is -2.37. The molecule has 2 aliphatic rings. The van der Waals surface area contributed by atoms with E-state index in [-0.39, 0.29) is 24.3 Å². The second-order valence-corrected chi connectivity index (χ2v) is 6.70. The van der Waals surface area contributed by atoms with Crippen LogP contribution in [0.15, 0.2) is 35.5 Å². The molecule has 0 bridgehead atoms. The lowest BCUT2D eigenvalue weighted by Crippen LogP contribution is -2.46. The third-order valence-corrected chi connectivity index (χ3v) is 4.82. The van der Waals surface area contributed by atoms with Gasteiger partial charge < -0.3 is 9.74 Å². The van der Waals surface area contributed by atoms with Crippen molar-refractivity contribution in [3.8, 4) is 0 Å². The summed E-state index contributed by atoms with van der Waals surface area (Å²) < 4.78 is 36.5. The summed E-state index contributed by atoms with van der Waals surface area (Å²) in [6, 6.07) is 9.82. The summed E-state index contributed by atoms with van der Waals surface area (Å²) in [5.41, 5.74) is 1.56. The van der Waals surface area contributed by atoms with Crippen molar-refractivity contribution in [3.05, 3.63) is 35.9 Å². The highest BCUT2D eigenvalue weighted by Crippen LogP contribution is 2.36. The molecule has 1 saturated heterocycles. The number of benzene rings is 1. The van der Waals surface area contributed by atoms with Crippen LogP contribution in [0.3, 0.4) is 0 Å². The summed E-state index contributed by atoms with van der Waals surface area (Å²) in [6.07, 6.45) is -3.31. The average Bonchev–Trinajstić information content (AvgIpc) is 2.99. The van der Waals surface area contributed by atoms with Crippen molar-refractivity contribution in [1.29, 1.82) is 0 Å². The molecule has 0 saturated carbocycles. The standard InChI is InChI=1S/C18H21F3N2O2/c19-18(20,21)8-4-7-16(24)23-11-9-17(10-12-23)13-15(22-25-17)14-5-2-1-3-6-14/h1-3,5-6H,4,7-13H2. The predicted octanol–water partition coefficient (Wildman–Crippen LogP) is 3.90. The topological polar surface area (TPSA) is 41.9 Å². The number of amides is 1. The summed E-state index contributed by atoms with van der Waals surface area (Å²) in [5, 5.41) is 4.22. The maximum Gasteiger partial charge on any atom is 0.389 e. The van der Waals surface area contributed by atoms with Crippen molar-refractivity contribution in [2.45, 2.75) is 50.3 Å². The quantitative estimate of drug-likeness (QED) is 0.823. The zero-order valence-electron chi connectivity index (χ0n) is 13.9. The monoisotopic (exact) mass is 354 g/mol. The van der Waals surface area contributed by atoms with Crippen LogP contribution in [0.1, 0.15) is 44.1 Å². The molecule has 7 heteroatoms. The number of piperidine rings is 1. The van der Waals surface area contributed by atoms with Crippen molar-refractivity contribution >= 4 is 11.6 Å². The lowest BCUT2D eigenvalue weighted by molar-refractivity contribution is -0.142. The van der Waals surface area contributed by atoms with Gasteiger partial charge in [0.2, 0.25) is 5.91 Å². The van der Waals surface area contributed by atoms with Gasteiger partial charge in [0, 0.05) is 45.2 Å². The van der Waals surface area contributed by atoms with E-state index in [1.54, 1.807) is 4.90 Å². The van der Waals surface area contributed by atoms with Crippen molar-refractivity contribution in [3.63, 3.8) is 0 Å². The fourth-order valence-corrected chi connectivity index (χ4v) is 3.34. The van der Waals surface area contributed by atoms with E-state index in [4.69, 9.17) is 4.84 Å². The maximum atomic E-state index is 12.2. The fourth-order valence-electron chi connectivity index (χ4n) is 3.34. The smallest absolute Gasteiger partial charge is 0.388 e. The number of halogens is 3. The first kappa shape index (κ1) is 17.8. The van der Waals surface area contributed by atoms with Crippen LogP contribution in [0, 0.1) is 0 Å². The number of rotatable bonds is 4. The normalized spacial score (nSPS) is 19.6. The van der Waals surface area contributed by atoms with E-state index in [0.29, 0.717) is 32.4 Å². The summed E-state index contributed by atoms with van der Waals surface area (Å²) in [4.78, 5) is 19.4. The Morgan fingerprint density at radius 1 is 1.20 bits per heavy atom. The molecule has 2 aliphatic heterocycles. The van der Waals surface area contributed by atoms with Crippen LogP contribution >= 0.6 is 0 Å². The second-order valence-electron chi connectivity index (χ2n) is 6.70. The van der Waals surface area contributed by atoms with Crippen molar-refractivity contribution in [2.24, 2.45) is 5.16 Å². The minimum atomic E-state index is -4.20. The number of carbonyl (C=O) groups is 1. The molecule has 0 aromatic heterocycles. The molecular formula is C18H21F3N2O2. The molecule has 2 heterocycles. The van der Waals surface area contributed by atoms with E-state index in [9.17, 15) is 18.0 Å². The van der Waals surface area contributed by atoms with Crippen molar-refractivity contribution in [1.82, 2.24) is 4.90 Å². The molecule has 0 aliphatic carbocycles. The Labute approximate surface area is 144 Å². The Balaban J connectivity index is 1.47. The van der Waals surface area contributed by atoms with Gasteiger partial charge in [0.15, 0.2) is 0 Å². The summed E-state index contributed by atoms with van der Waals surface area (Å²) >= 11 is 0. The SMILES string of the molecule is O=C(CCCC(F)(F)F)N1CCC2(CC1)CC(c1ccccc1)=NO2.